The highest BCUT2D eigenvalue weighted by Gasteiger charge is 2.51. The fourth-order valence-electron chi connectivity index (χ4n) is 2.76. The molecule has 0 saturated heterocycles. The second kappa shape index (κ2) is 9.92. The lowest BCUT2D eigenvalue weighted by Gasteiger charge is -2.30. The van der Waals surface area contributed by atoms with Crippen LogP contribution in [0, 0.1) is 12.3 Å². The van der Waals surface area contributed by atoms with Crippen molar-refractivity contribution in [2.75, 3.05) is 13.2 Å². The summed E-state index contributed by atoms with van der Waals surface area (Å²) >= 11 is 6.08. The van der Waals surface area contributed by atoms with Crippen LogP contribution in [-0.2, 0) is 35.0 Å². The van der Waals surface area contributed by atoms with Crippen molar-refractivity contribution in [2.24, 2.45) is 5.41 Å². The molecule has 156 valence electrons. The molecule has 0 heterocycles. The van der Waals surface area contributed by atoms with Crippen molar-refractivity contribution in [3.63, 3.8) is 0 Å². The van der Waals surface area contributed by atoms with Crippen molar-refractivity contribution in [2.45, 2.75) is 60.0 Å². The number of halogens is 1. The van der Waals surface area contributed by atoms with Gasteiger partial charge in [0, 0.05) is 5.02 Å². The van der Waals surface area contributed by atoms with Gasteiger partial charge in [-0.1, -0.05) is 23.7 Å². The molecule has 0 N–H and O–H groups in total. The van der Waals surface area contributed by atoms with E-state index in [-0.39, 0.29) is 19.6 Å². The molecule has 0 bridgehead atoms. The Morgan fingerprint density at radius 1 is 1.00 bits per heavy atom. The average molecular weight is 413 g/mol. The number of rotatable bonds is 8. The van der Waals surface area contributed by atoms with Gasteiger partial charge >= 0.3 is 17.9 Å². The quantitative estimate of drug-likeness (QED) is 0.364. The van der Waals surface area contributed by atoms with Crippen molar-refractivity contribution < 1.29 is 28.6 Å². The summed E-state index contributed by atoms with van der Waals surface area (Å²) in [5, 5.41) is 0.564. The highest BCUT2D eigenvalue weighted by molar-refractivity contribution is 6.31. The zero-order valence-electron chi connectivity index (χ0n) is 17.4. The van der Waals surface area contributed by atoms with Crippen molar-refractivity contribution >= 4 is 29.5 Å². The van der Waals surface area contributed by atoms with Crippen LogP contribution in [0.4, 0.5) is 0 Å². The maximum absolute atomic E-state index is 12.9. The molecular formula is C21H29ClO6. The number of carbonyl (C=O) groups excluding carboxylic acids is 3. The Hall–Kier alpha value is -2.08. The Morgan fingerprint density at radius 2 is 1.54 bits per heavy atom. The number of ether oxygens (including phenoxy) is 3. The number of hydrogen-bond acceptors (Lipinski definition) is 6. The van der Waals surface area contributed by atoms with Gasteiger partial charge in [0.2, 0.25) is 0 Å². The largest absolute Gasteiger partial charge is 0.465 e. The Labute approximate surface area is 171 Å². The zero-order chi connectivity index (χ0) is 21.5. The lowest BCUT2D eigenvalue weighted by molar-refractivity contribution is -0.179. The summed E-state index contributed by atoms with van der Waals surface area (Å²) in [5.41, 5.74) is -1.15. The van der Waals surface area contributed by atoms with E-state index in [1.807, 2.05) is 6.92 Å². The van der Waals surface area contributed by atoms with E-state index >= 15 is 0 Å². The van der Waals surface area contributed by atoms with Gasteiger partial charge in [0.05, 0.1) is 19.6 Å². The summed E-state index contributed by atoms with van der Waals surface area (Å²) in [6.07, 6.45) is -0.550. The summed E-state index contributed by atoms with van der Waals surface area (Å²) in [4.78, 5) is 38.3. The molecule has 1 aromatic rings. The first-order valence-corrected chi connectivity index (χ1v) is 9.64. The highest BCUT2D eigenvalue weighted by Crippen LogP contribution is 2.33. The molecule has 0 unspecified atom stereocenters. The fourth-order valence-corrected chi connectivity index (χ4v) is 2.88. The summed E-state index contributed by atoms with van der Waals surface area (Å²) in [6.45, 7) is 10.3. The minimum absolute atomic E-state index is 0.0634. The van der Waals surface area contributed by atoms with Crippen molar-refractivity contribution in [1.82, 2.24) is 0 Å². The van der Waals surface area contributed by atoms with Crippen molar-refractivity contribution in [3.05, 3.63) is 34.3 Å². The molecule has 0 radical (unpaired) electrons. The molecule has 0 saturated carbocycles. The zero-order valence-corrected chi connectivity index (χ0v) is 18.1. The maximum atomic E-state index is 12.9. The molecule has 0 aliphatic heterocycles. The van der Waals surface area contributed by atoms with Gasteiger partial charge in [-0.3, -0.25) is 14.4 Å². The predicted octanol–water partition coefficient (Wildman–Crippen LogP) is 4.04. The first-order chi connectivity index (χ1) is 12.9. The van der Waals surface area contributed by atoms with E-state index in [9.17, 15) is 14.4 Å². The predicted molar refractivity (Wildman–Crippen MR) is 106 cm³/mol. The first kappa shape index (κ1) is 24.0. The van der Waals surface area contributed by atoms with E-state index in [1.165, 1.54) is 0 Å². The molecule has 0 aliphatic carbocycles. The minimum atomic E-state index is -1.84. The van der Waals surface area contributed by atoms with E-state index in [1.54, 1.807) is 52.8 Å². The topological polar surface area (TPSA) is 78.9 Å². The first-order valence-electron chi connectivity index (χ1n) is 9.26. The Morgan fingerprint density at radius 3 is 1.96 bits per heavy atom. The van der Waals surface area contributed by atoms with Gasteiger partial charge in [0.25, 0.3) is 0 Å². The smallest absolute Gasteiger partial charge is 0.324 e. The van der Waals surface area contributed by atoms with Crippen LogP contribution in [0.1, 0.15) is 52.2 Å². The van der Waals surface area contributed by atoms with Gasteiger partial charge in [-0.25, -0.2) is 0 Å². The molecule has 0 amide bonds. The summed E-state index contributed by atoms with van der Waals surface area (Å²) in [5.74, 6) is -2.31. The summed E-state index contributed by atoms with van der Waals surface area (Å²) < 4.78 is 15.7. The third kappa shape index (κ3) is 6.51. The third-order valence-corrected chi connectivity index (χ3v) is 4.35. The summed E-state index contributed by atoms with van der Waals surface area (Å²) in [7, 11) is 0. The number of esters is 3. The van der Waals surface area contributed by atoms with Crippen LogP contribution in [0.25, 0.3) is 0 Å². The van der Waals surface area contributed by atoms with E-state index in [4.69, 9.17) is 25.8 Å². The number of aryl methyl sites for hydroxylation is 1. The van der Waals surface area contributed by atoms with Crippen molar-refractivity contribution in [3.8, 4) is 0 Å². The molecular weight excluding hydrogens is 384 g/mol. The van der Waals surface area contributed by atoms with Gasteiger partial charge in [-0.05, 0) is 65.2 Å². The van der Waals surface area contributed by atoms with Crippen LogP contribution in [0.5, 0.6) is 0 Å². The van der Waals surface area contributed by atoms with E-state index < -0.39 is 35.3 Å². The third-order valence-electron chi connectivity index (χ3n) is 3.93. The van der Waals surface area contributed by atoms with Crippen molar-refractivity contribution in [1.29, 1.82) is 0 Å². The second-order valence-corrected chi connectivity index (χ2v) is 7.95. The Kier molecular flexibility index (Phi) is 8.48. The highest BCUT2D eigenvalue weighted by atomic mass is 35.5. The van der Waals surface area contributed by atoms with E-state index in [0.717, 1.165) is 5.56 Å². The molecule has 1 rings (SSSR count). The van der Waals surface area contributed by atoms with Crippen LogP contribution in [0.2, 0.25) is 5.02 Å². The standard InChI is InChI=1S/C21H29ClO6/c1-7-26-18(24)21(19(25)27-8-2,13-17(23)28-20(4,5)6)12-15-9-10-16(22)14(3)11-15/h9-11H,7-8,12-13H2,1-6H3. The Balaban J connectivity index is 3.40. The normalized spacial score (nSPS) is 11.7. The number of hydrogen-bond donors (Lipinski definition) is 0. The average Bonchev–Trinajstić information content (AvgIpc) is 2.56. The molecule has 0 fully saturated rings. The monoisotopic (exact) mass is 412 g/mol. The molecule has 28 heavy (non-hydrogen) atoms. The molecule has 7 heteroatoms. The van der Waals surface area contributed by atoms with Gasteiger partial charge in [-0.15, -0.1) is 0 Å². The molecule has 0 spiro atoms. The van der Waals surface area contributed by atoms with Crippen LogP contribution in [0.15, 0.2) is 18.2 Å². The lowest BCUT2D eigenvalue weighted by atomic mass is 9.78. The van der Waals surface area contributed by atoms with Gasteiger partial charge < -0.3 is 14.2 Å². The van der Waals surface area contributed by atoms with Crippen LogP contribution in [0.3, 0.4) is 0 Å². The molecule has 1 aromatic carbocycles. The van der Waals surface area contributed by atoms with E-state index in [2.05, 4.69) is 0 Å². The van der Waals surface area contributed by atoms with Crippen LogP contribution in [-0.4, -0.2) is 36.7 Å². The number of carbonyl (C=O) groups is 3. The molecule has 0 aromatic heterocycles. The van der Waals surface area contributed by atoms with Gasteiger partial charge in [0.1, 0.15) is 5.60 Å². The Bertz CT molecular complexity index is 702. The van der Waals surface area contributed by atoms with Gasteiger partial charge in [0.15, 0.2) is 5.41 Å². The van der Waals surface area contributed by atoms with Crippen LogP contribution >= 0.6 is 11.6 Å². The van der Waals surface area contributed by atoms with Gasteiger partial charge in [-0.2, -0.15) is 0 Å². The fraction of sp³-hybridized carbons (Fsp3) is 0.571. The summed E-state index contributed by atoms with van der Waals surface area (Å²) in [6, 6.07) is 5.16. The van der Waals surface area contributed by atoms with Crippen LogP contribution < -0.4 is 0 Å². The number of benzene rings is 1. The second-order valence-electron chi connectivity index (χ2n) is 7.55. The SMILES string of the molecule is CCOC(=O)C(CC(=O)OC(C)(C)C)(Cc1ccc(Cl)c(C)c1)C(=O)OCC. The maximum Gasteiger partial charge on any atom is 0.324 e. The lowest BCUT2D eigenvalue weighted by Crippen LogP contribution is -2.46. The van der Waals surface area contributed by atoms with E-state index in [0.29, 0.717) is 10.6 Å². The minimum Gasteiger partial charge on any atom is -0.465 e. The molecule has 0 atom stereocenters. The molecule has 0 aliphatic rings. The molecule has 6 nitrogen and oxygen atoms in total.